The largest absolute Gasteiger partial charge is 0.338 e. The van der Waals surface area contributed by atoms with Crippen LogP contribution in [0.3, 0.4) is 0 Å². The Hall–Kier alpha value is -2.47. The first-order valence-electron chi connectivity index (χ1n) is 9.02. The van der Waals surface area contributed by atoms with Crippen LogP contribution in [0.25, 0.3) is 0 Å². The lowest BCUT2D eigenvalue weighted by atomic mass is 10.0. The predicted molar refractivity (Wildman–Crippen MR) is 105 cm³/mol. The minimum Gasteiger partial charge on any atom is -0.338 e. The van der Waals surface area contributed by atoms with Crippen molar-refractivity contribution in [1.29, 1.82) is 0 Å². The first kappa shape index (κ1) is 18.3. The van der Waals surface area contributed by atoms with Gasteiger partial charge in [-0.2, -0.15) is 0 Å². The van der Waals surface area contributed by atoms with Crippen LogP contribution in [0.15, 0.2) is 18.2 Å². The van der Waals surface area contributed by atoms with Crippen molar-refractivity contribution in [2.24, 2.45) is 0 Å². The molecule has 0 spiro atoms. The van der Waals surface area contributed by atoms with Gasteiger partial charge in [-0.3, -0.25) is 4.79 Å². The highest BCUT2D eigenvalue weighted by molar-refractivity contribution is 6.04. The van der Waals surface area contributed by atoms with Crippen LogP contribution in [0.5, 0.6) is 0 Å². The van der Waals surface area contributed by atoms with E-state index in [-0.39, 0.29) is 5.91 Å². The molecule has 26 heavy (non-hydrogen) atoms. The second-order valence-electron chi connectivity index (χ2n) is 7.21. The third kappa shape index (κ3) is 4.02. The Morgan fingerprint density at radius 3 is 2.19 bits per heavy atom. The summed E-state index contributed by atoms with van der Waals surface area (Å²) in [5.74, 6) is 0.446. The van der Waals surface area contributed by atoms with Gasteiger partial charge >= 0.3 is 0 Å². The SMILES string of the molecule is Cc1cc(C)c(NC(=O)c2cc(C)nc(N3CCN(C)CC3)n2)c(C)c1. The summed E-state index contributed by atoms with van der Waals surface area (Å²) in [6, 6.07) is 5.89. The fourth-order valence-corrected chi connectivity index (χ4v) is 3.37. The molecule has 0 aliphatic carbocycles. The molecule has 0 radical (unpaired) electrons. The minimum atomic E-state index is -0.194. The summed E-state index contributed by atoms with van der Waals surface area (Å²) in [5, 5.41) is 3.03. The van der Waals surface area contributed by atoms with E-state index in [1.54, 1.807) is 6.07 Å². The lowest BCUT2D eigenvalue weighted by molar-refractivity contribution is 0.102. The number of likely N-dealkylation sites (N-methyl/N-ethyl adjacent to an activating group) is 1. The maximum atomic E-state index is 12.8. The zero-order valence-corrected chi connectivity index (χ0v) is 16.3. The molecule has 0 bridgehead atoms. The van der Waals surface area contributed by atoms with Crippen molar-refractivity contribution in [2.45, 2.75) is 27.7 Å². The molecule has 1 amide bonds. The van der Waals surface area contributed by atoms with Gasteiger partial charge in [0.15, 0.2) is 0 Å². The number of aryl methyl sites for hydroxylation is 4. The zero-order chi connectivity index (χ0) is 18.8. The molecule has 6 heteroatoms. The Bertz CT molecular complexity index is 802. The van der Waals surface area contributed by atoms with E-state index in [2.05, 4.69) is 51.2 Å². The summed E-state index contributed by atoms with van der Waals surface area (Å²) in [4.78, 5) is 26.3. The Kier molecular flexibility index (Phi) is 5.23. The van der Waals surface area contributed by atoms with E-state index < -0.39 is 0 Å². The van der Waals surface area contributed by atoms with Crippen LogP contribution in [0.4, 0.5) is 11.6 Å². The molecule has 6 nitrogen and oxygen atoms in total. The highest BCUT2D eigenvalue weighted by Gasteiger charge is 2.19. The number of nitrogens with zero attached hydrogens (tertiary/aromatic N) is 4. The third-order valence-corrected chi connectivity index (χ3v) is 4.78. The Labute approximate surface area is 155 Å². The van der Waals surface area contributed by atoms with Crippen LogP contribution in [0.1, 0.15) is 32.9 Å². The predicted octanol–water partition coefficient (Wildman–Crippen LogP) is 2.71. The number of aromatic nitrogens is 2. The van der Waals surface area contributed by atoms with Crippen molar-refractivity contribution >= 4 is 17.5 Å². The summed E-state index contributed by atoms with van der Waals surface area (Å²) in [6.45, 7) is 11.7. The van der Waals surface area contributed by atoms with Gasteiger partial charge in [-0.15, -0.1) is 0 Å². The number of rotatable bonds is 3. The summed E-state index contributed by atoms with van der Waals surface area (Å²) in [7, 11) is 2.11. The normalized spacial score (nSPS) is 15.2. The molecule has 1 N–H and O–H groups in total. The number of anilines is 2. The van der Waals surface area contributed by atoms with Crippen molar-refractivity contribution in [1.82, 2.24) is 14.9 Å². The van der Waals surface area contributed by atoms with Crippen molar-refractivity contribution < 1.29 is 4.79 Å². The molecule has 0 atom stereocenters. The average Bonchev–Trinajstić information content (AvgIpc) is 2.58. The molecule has 1 saturated heterocycles. The van der Waals surface area contributed by atoms with Crippen LogP contribution in [-0.2, 0) is 0 Å². The summed E-state index contributed by atoms with van der Waals surface area (Å²) < 4.78 is 0. The number of hydrogen-bond acceptors (Lipinski definition) is 5. The third-order valence-electron chi connectivity index (χ3n) is 4.78. The van der Waals surface area contributed by atoms with Crippen LogP contribution >= 0.6 is 0 Å². The molecule has 0 unspecified atom stereocenters. The van der Waals surface area contributed by atoms with Crippen LogP contribution in [0.2, 0.25) is 0 Å². The number of carbonyl (C=O) groups is 1. The van der Waals surface area contributed by atoms with E-state index in [4.69, 9.17) is 0 Å². The van der Waals surface area contributed by atoms with Crippen LogP contribution < -0.4 is 10.2 Å². The number of benzene rings is 1. The molecular formula is C20H27N5O. The van der Waals surface area contributed by atoms with Gasteiger partial charge in [-0.25, -0.2) is 9.97 Å². The van der Waals surface area contributed by atoms with Crippen LogP contribution in [-0.4, -0.2) is 54.0 Å². The molecule has 1 aliphatic heterocycles. The highest BCUT2D eigenvalue weighted by atomic mass is 16.1. The number of piperazine rings is 1. The first-order chi connectivity index (χ1) is 12.3. The number of amides is 1. The molecule has 1 aromatic carbocycles. The molecule has 3 rings (SSSR count). The highest BCUT2D eigenvalue weighted by Crippen LogP contribution is 2.23. The van der Waals surface area contributed by atoms with E-state index >= 15 is 0 Å². The molecular weight excluding hydrogens is 326 g/mol. The summed E-state index contributed by atoms with van der Waals surface area (Å²) in [6.07, 6.45) is 0. The van der Waals surface area contributed by atoms with Crippen molar-refractivity contribution in [3.05, 3.63) is 46.3 Å². The van der Waals surface area contributed by atoms with Crippen molar-refractivity contribution in [2.75, 3.05) is 43.4 Å². The second kappa shape index (κ2) is 7.41. The van der Waals surface area contributed by atoms with Gasteiger partial charge in [0.2, 0.25) is 5.95 Å². The van der Waals surface area contributed by atoms with Gasteiger partial charge in [-0.05, 0) is 51.9 Å². The quantitative estimate of drug-likeness (QED) is 0.919. The number of nitrogens with one attached hydrogen (secondary N) is 1. The van der Waals surface area contributed by atoms with E-state index in [0.29, 0.717) is 11.6 Å². The van der Waals surface area contributed by atoms with Crippen LogP contribution in [0, 0.1) is 27.7 Å². The Morgan fingerprint density at radius 2 is 1.58 bits per heavy atom. The minimum absolute atomic E-state index is 0.194. The van der Waals surface area contributed by atoms with Gasteiger partial charge in [0, 0.05) is 37.6 Å². The van der Waals surface area contributed by atoms with Gasteiger partial charge in [-0.1, -0.05) is 17.7 Å². The Morgan fingerprint density at radius 1 is 0.962 bits per heavy atom. The van der Waals surface area contributed by atoms with Gasteiger partial charge in [0.25, 0.3) is 5.91 Å². The zero-order valence-electron chi connectivity index (χ0n) is 16.3. The second-order valence-corrected chi connectivity index (χ2v) is 7.21. The summed E-state index contributed by atoms with van der Waals surface area (Å²) >= 11 is 0. The molecule has 138 valence electrons. The number of hydrogen-bond donors (Lipinski definition) is 1. The molecule has 1 aliphatic rings. The van der Waals surface area contributed by atoms with E-state index in [0.717, 1.165) is 48.7 Å². The topological polar surface area (TPSA) is 61.4 Å². The maximum absolute atomic E-state index is 12.8. The van der Waals surface area contributed by atoms with Crippen molar-refractivity contribution in [3.63, 3.8) is 0 Å². The molecule has 2 aromatic rings. The lowest BCUT2D eigenvalue weighted by Gasteiger charge is -2.32. The fraction of sp³-hybridized carbons (Fsp3) is 0.450. The van der Waals surface area contributed by atoms with E-state index in [1.807, 2.05) is 20.8 Å². The van der Waals surface area contributed by atoms with Gasteiger partial charge < -0.3 is 15.1 Å². The number of carbonyl (C=O) groups excluding carboxylic acids is 1. The molecule has 0 saturated carbocycles. The van der Waals surface area contributed by atoms with E-state index in [9.17, 15) is 4.79 Å². The van der Waals surface area contributed by atoms with Gasteiger partial charge in [0.05, 0.1) is 0 Å². The lowest BCUT2D eigenvalue weighted by Crippen LogP contribution is -2.45. The van der Waals surface area contributed by atoms with Crippen molar-refractivity contribution in [3.8, 4) is 0 Å². The maximum Gasteiger partial charge on any atom is 0.274 e. The first-order valence-corrected chi connectivity index (χ1v) is 9.02. The molecule has 2 heterocycles. The Balaban J connectivity index is 1.84. The summed E-state index contributed by atoms with van der Waals surface area (Å²) in [5.41, 5.74) is 5.37. The molecule has 1 aromatic heterocycles. The monoisotopic (exact) mass is 353 g/mol. The fourth-order valence-electron chi connectivity index (χ4n) is 3.37. The average molecular weight is 353 g/mol. The smallest absolute Gasteiger partial charge is 0.274 e. The molecule has 1 fully saturated rings. The standard InChI is InChI=1S/C20H27N5O/c1-13-10-14(2)18(15(3)11-13)23-19(26)17-12-16(4)21-20(22-17)25-8-6-24(5)7-9-25/h10-12H,6-9H2,1-5H3,(H,23,26). The van der Waals surface area contributed by atoms with E-state index in [1.165, 1.54) is 5.56 Å². The van der Waals surface area contributed by atoms with Gasteiger partial charge in [0.1, 0.15) is 5.69 Å².